The minimum Gasteiger partial charge on any atom is -0.463 e. The van der Waals surface area contributed by atoms with Crippen LogP contribution >= 0.6 is 0 Å². The number of methoxy groups -OCH3 is 1. The van der Waals surface area contributed by atoms with E-state index in [4.69, 9.17) is 18.6 Å². The summed E-state index contributed by atoms with van der Waals surface area (Å²) in [6, 6.07) is 10.1. The van der Waals surface area contributed by atoms with E-state index < -0.39 is 8.32 Å². The standard InChI is InChI=1S/C24H38O5Si/c1-9-27-23(25)19(2)14-13-17-21(28-18-26-6)22(20-15-11-10-12-16-20)29-30(7,8)24(3,4)5/h10-17,21-22H,9,18H2,1-8H3/b17-13+,19-14+/t21-,22-/m1/s1. The molecule has 0 N–H and O–H groups in total. The smallest absolute Gasteiger partial charge is 0.333 e. The molecule has 1 rings (SSSR count). The van der Waals surface area contributed by atoms with Crippen LogP contribution in [0, 0.1) is 0 Å². The molecule has 1 aromatic rings. The molecule has 5 nitrogen and oxygen atoms in total. The van der Waals surface area contributed by atoms with Gasteiger partial charge in [0.1, 0.15) is 19.0 Å². The first kappa shape index (κ1) is 26.3. The van der Waals surface area contributed by atoms with Gasteiger partial charge in [-0.05, 0) is 37.5 Å². The predicted molar refractivity (Wildman–Crippen MR) is 124 cm³/mol. The molecule has 0 bridgehead atoms. The van der Waals surface area contributed by atoms with Crippen molar-refractivity contribution < 1.29 is 23.4 Å². The largest absolute Gasteiger partial charge is 0.463 e. The van der Waals surface area contributed by atoms with Crippen molar-refractivity contribution in [2.24, 2.45) is 0 Å². The van der Waals surface area contributed by atoms with Crippen molar-refractivity contribution in [1.29, 1.82) is 0 Å². The number of benzene rings is 1. The van der Waals surface area contributed by atoms with Crippen LogP contribution in [-0.4, -0.2) is 40.9 Å². The van der Waals surface area contributed by atoms with E-state index in [1.54, 1.807) is 27.0 Å². The zero-order chi connectivity index (χ0) is 22.8. The van der Waals surface area contributed by atoms with Gasteiger partial charge in [-0.3, -0.25) is 0 Å². The molecule has 168 valence electrons. The van der Waals surface area contributed by atoms with Gasteiger partial charge in [-0.25, -0.2) is 4.79 Å². The van der Waals surface area contributed by atoms with E-state index in [2.05, 4.69) is 46.0 Å². The van der Waals surface area contributed by atoms with Gasteiger partial charge in [-0.1, -0.05) is 69.3 Å². The van der Waals surface area contributed by atoms with Gasteiger partial charge in [-0.15, -0.1) is 0 Å². The highest BCUT2D eigenvalue weighted by Crippen LogP contribution is 2.41. The summed E-state index contributed by atoms with van der Waals surface area (Å²) in [7, 11) is -0.492. The molecule has 0 aliphatic rings. The molecule has 6 heteroatoms. The predicted octanol–water partition coefficient (Wildman–Crippen LogP) is 5.80. The number of esters is 1. The molecule has 0 aliphatic carbocycles. The molecule has 0 spiro atoms. The molecule has 0 amide bonds. The average Bonchev–Trinajstić information content (AvgIpc) is 2.68. The fraction of sp³-hybridized carbons (Fsp3) is 0.542. The molecule has 30 heavy (non-hydrogen) atoms. The third kappa shape index (κ3) is 8.18. The van der Waals surface area contributed by atoms with Crippen LogP contribution in [0.4, 0.5) is 0 Å². The number of carbonyl (C=O) groups is 1. The van der Waals surface area contributed by atoms with E-state index in [0.29, 0.717) is 12.2 Å². The first-order chi connectivity index (χ1) is 14.0. The second kappa shape index (κ2) is 12.2. The first-order valence-electron chi connectivity index (χ1n) is 10.4. The van der Waals surface area contributed by atoms with E-state index in [0.717, 1.165) is 5.56 Å². The van der Waals surface area contributed by atoms with E-state index in [9.17, 15) is 4.79 Å². The molecule has 0 heterocycles. The number of rotatable bonds is 11. The highest BCUT2D eigenvalue weighted by atomic mass is 28.4. The quantitative estimate of drug-likeness (QED) is 0.145. The minimum absolute atomic E-state index is 0.0515. The van der Waals surface area contributed by atoms with Crippen molar-refractivity contribution in [3.63, 3.8) is 0 Å². The summed E-state index contributed by atoms with van der Waals surface area (Å²) in [5.74, 6) is -0.325. The summed E-state index contributed by atoms with van der Waals surface area (Å²) < 4.78 is 23.0. The van der Waals surface area contributed by atoms with Crippen LogP contribution in [0.3, 0.4) is 0 Å². The second-order valence-corrected chi connectivity index (χ2v) is 13.5. The fourth-order valence-electron chi connectivity index (χ4n) is 2.47. The van der Waals surface area contributed by atoms with Crippen LogP contribution in [0.2, 0.25) is 18.1 Å². The maximum Gasteiger partial charge on any atom is 0.333 e. The Kier molecular flexibility index (Phi) is 10.7. The third-order valence-corrected chi connectivity index (χ3v) is 9.73. The maximum absolute atomic E-state index is 11.8. The number of carbonyl (C=O) groups excluding carboxylic acids is 1. The summed E-state index contributed by atoms with van der Waals surface area (Å²) in [6.45, 7) is 15.1. The van der Waals surface area contributed by atoms with Gasteiger partial charge < -0.3 is 18.6 Å². The van der Waals surface area contributed by atoms with Crippen molar-refractivity contribution >= 4 is 14.3 Å². The van der Waals surface area contributed by atoms with Crippen molar-refractivity contribution in [1.82, 2.24) is 0 Å². The van der Waals surface area contributed by atoms with Gasteiger partial charge in [0.05, 0.1) is 6.61 Å². The number of hydrogen-bond donors (Lipinski definition) is 0. The van der Waals surface area contributed by atoms with Gasteiger partial charge in [0.25, 0.3) is 0 Å². The van der Waals surface area contributed by atoms with Crippen LogP contribution in [0.5, 0.6) is 0 Å². The molecule has 0 radical (unpaired) electrons. The van der Waals surface area contributed by atoms with Crippen LogP contribution in [-0.2, 0) is 23.4 Å². The second-order valence-electron chi connectivity index (χ2n) is 8.70. The van der Waals surface area contributed by atoms with E-state index >= 15 is 0 Å². The molecule has 0 saturated carbocycles. The van der Waals surface area contributed by atoms with E-state index in [1.807, 2.05) is 30.4 Å². The SMILES string of the molecule is CCOC(=O)/C(C)=C/C=C/[C@@H](OCOC)[C@H](O[Si](C)(C)C(C)(C)C)c1ccccc1. The van der Waals surface area contributed by atoms with Gasteiger partial charge in [0.2, 0.25) is 0 Å². The monoisotopic (exact) mass is 434 g/mol. The Balaban J connectivity index is 3.25. The highest BCUT2D eigenvalue weighted by Gasteiger charge is 2.41. The van der Waals surface area contributed by atoms with E-state index in [-0.39, 0.29) is 30.0 Å². The van der Waals surface area contributed by atoms with Gasteiger partial charge >= 0.3 is 5.97 Å². The van der Waals surface area contributed by atoms with Crippen LogP contribution in [0.1, 0.15) is 46.3 Å². The fourth-order valence-corrected chi connectivity index (χ4v) is 3.73. The normalized spacial score (nSPS) is 15.3. The Labute approximate surface area is 183 Å². The van der Waals surface area contributed by atoms with E-state index in [1.165, 1.54) is 0 Å². The topological polar surface area (TPSA) is 54.0 Å². The van der Waals surface area contributed by atoms with Crippen molar-refractivity contribution in [2.75, 3.05) is 20.5 Å². The molecule has 2 atom stereocenters. The van der Waals surface area contributed by atoms with Crippen molar-refractivity contribution in [3.8, 4) is 0 Å². The Hall–Kier alpha value is -1.73. The van der Waals surface area contributed by atoms with Crippen LogP contribution < -0.4 is 0 Å². The number of allylic oxidation sites excluding steroid dienone is 2. The Morgan fingerprint density at radius 3 is 2.33 bits per heavy atom. The Bertz CT molecular complexity index is 704. The zero-order valence-electron chi connectivity index (χ0n) is 19.7. The lowest BCUT2D eigenvalue weighted by Gasteiger charge is -2.41. The molecule has 0 unspecified atom stereocenters. The van der Waals surface area contributed by atoms with Gasteiger partial charge in [0, 0.05) is 12.7 Å². The lowest BCUT2D eigenvalue weighted by Crippen LogP contribution is -2.44. The molecule has 0 saturated heterocycles. The molecular weight excluding hydrogens is 396 g/mol. The Morgan fingerprint density at radius 2 is 1.80 bits per heavy atom. The molecule has 0 aromatic heterocycles. The van der Waals surface area contributed by atoms with Crippen LogP contribution in [0.15, 0.2) is 54.1 Å². The minimum atomic E-state index is -2.09. The van der Waals surface area contributed by atoms with Gasteiger partial charge in [-0.2, -0.15) is 0 Å². The molecule has 0 aliphatic heterocycles. The summed E-state index contributed by atoms with van der Waals surface area (Å²) in [4.78, 5) is 11.8. The van der Waals surface area contributed by atoms with Crippen molar-refractivity contribution in [3.05, 3.63) is 59.7 Å². The van der Waals surface area contributed by atoms with Gasteiger partial charge in [0.15, 0.2) is 8.32 Å². The maximum atomic E-state index is 11.8. The third-order valence-electron chi connectivity index (χ3n) is 5.28. The summed E-state index contributed by atoms with van der Waals surface area (Å²) in [5.41, 5.74) is 1.57. The number of ether oxygens (including phenoxy) is 3. The Morgan fingerprint density at radius 1 is 1.17 bits per heavy atom. The van der Waals surface area contributed by atoms with Crippen molar-refractivity contribution in [2.45, 2.75) is 65.0 Å². The lowest BCUT2D eigenvalue weighted by atomic mass is 10.0. The average molecular weight is 435 g/mol. The summed E-state index contributed by atoms with van der Waals surface area (Å²) in [5, 5.41) is 0.0515. The molecule has 1 aromatic carbocycles. The van der Waals surface area contributed by atoms with Crippen LogP contribution in [0.25, 0.3) is 0 Å². The zero-order valence-corrected chi connectivity index (χ0v) is 20.7. The summed E-state index contributed by atoms with van der Waals surface area (Å²) in [6.07, 6.45) is 4.78. The highest BCUT2D eigenvalue weighted by molar-refractivity contribution is 6.74. The molecular formula is C24H38O5Si. The summed E-state index contributed by atoms with van der Waals surface area (Å²) >= 11 is 0. The molecule has 0 fully saturated rings. The number of hydrogen-bond acceptors (Lipinski definition) is 5. The first-order valence-corrected chi connectivity index (χ1v) is 13.3. The lowest BCUT2D eigenvalue weighted by molar-refractivity contribution is -0.138.